The van der Waals surface area contributed by atoms with Crippen LogP contribution in [-0.2, 0) is 0 Å². The fourth-order valence-corrected chi connectivity index (χ4v) is 1.85. The van der Waals surface area contributed by atoms with E-state index in [2.05, 4.69) is 9.97 Å². The first-order valence-corrected chi connectivity index (χ1v) is 5.26. The summed E-state index contributed by atoms with van der Waals surface area (Å²) in [7, 11) is 0. The van der Waals surface area contributed by atoms with Crippen molar-refractivity contribution in [2.45, 2.75) is 0 Å². The van der Waals surface area contributed by atoms with Crippen LogP contribution in [0.2, 0.25) is 0 Å². The number of nitro groups is 1. The van der Waals surface area contributed by atoms with Gasteiger partial charge in [0.2, 0.25) is 0 Å². The van der Waals surface area contributed by atoms with E-state index in [0.29, 0.717) is 22.2 Å². The Balaban J connectivity index is 2.52. The summed E-state index contributed by atoms with van der Waals surface area (Å²) in [5, 5.41) is 11.0. The topological polar surface area (TPSA) is 94.9 Å². The van der Waals surface area contributed by atoms with E-state index < -0.39 is 4.92 Å². The second-order valence-electron chi connectivity index (χ2n) is 3.84. The summed E-state index contributed by atoms with van der Waals surface area (Å²) < 4.78 is 0. The Morgan fingerprint density at radius 1 is 1.00 bits per heavy atom. The summed E-state index contributed by atoms with van der Waals surface area (Å²) in [5.41, 5.74) is 7.95. The number of hydrogen-bond acceptors (Lipinski definition) is 5. The van der Waals surface area contributed by atoms with Crippen LogP contribution >= 0.6 is 0 Å². The predicted octanol–water partition coefficient (Wildman–Crippen LogP) is 2.27. The molecule has 0 saturated heterocycles. The molecular formula is C12H8N4O2. The van der Waals surface area contributed by atoms with Crippen LogP contribution < -0.4 is 5.73 Å². The van der Waals surface area contributed by atoms with Gasteiger partial charge in [0.15, 0.2) is 5.52 Å². The van der Waals surface area contributed by atoms with Crippen LogP contribution in [-0.4, -0.2) is 14.9 Å². The van der Waals surface area contributed by atoms with Crippen molar-refractivity contribution in [2.75, 3.05) is 5.73 Å². The van der Waals surface area contributed by atoms with E-state index in [-0.39, 0.29) is 11.2 Å². The zero-order valence-electron chi connectivity index (χ0n) is 9.20. The van der Waals surface area contributed by atoms with Crippen LogP contribution in [0.3, 0.4) is 0 Å². The number of aromatic nitrogens is 2. The number of para-hydroxylation sites is 2. The Kier molecular flexibility index (Phi) is 2.09. The maximum atomic E-state index is 11.0. The molecule has 0 aliphatic carbocycles. The van der Waals surface area contributed by atoms with E-state index in [1.165, 1.54) is 12.1 Å². The Morgan fingerprint density at radius 3 is 2.22 bits per heavy atom. The van der Waals surface area contributed by atoms with E-state index in [9.17, 15) is 10.1 Å². The van der Waals surface area contributed by atoms with Crippen molar-refractivity contribution in [2.24, 2.45) is 0 Å². The molecule has 0 radical (unpaired) electrons. The molecule has 18 heavy (non-hydrogen) atoms. The van der Waals surface area contributed by atoms with Crippen LogP contribution in [0.25, 0.3) is 22.1 Å². The Labute approximate surface area is 101 Å². The fourth-order valence-electron chi connectivity index (χ4n) is 1.85. The molecule has 3 rings (SSSR count). The molecule has 1 aromatic heterocycles. The maximum Gasteiger partial charge on any atom is 0.297 e. The first-order chi connectivity index (χ1) is 8.66. The summed E-state index contributed by atoms with van der Waals surface area (Å²) in [5.74, 6) is 0. The molecular weight excluding hydrogens is 232 g/mol. The molecule has 6 nitrogen and oxygen atoms in total. The van der Waals surface area contributed by atoms with Gasteiger partial charge in [0, 0.05) is 6.07 Å². The normalized spacial score (nSPS) is 10.9. The molecule has 0 aliphatic heterocycles. The van der Waals surface area contributed by atoms with Gasteiger partial charge >= 0.3 is 0 Å². The summed E-state index contributed by atoms with van der Waals surface area (Å²) in [4.78, 5) is 19.1. The van der Waals surface area contributed by atoms with Crippen molar-refractivity contribution in [3.63, 3.8) is 0 Å². The van der Waals surface area contributed by atoms with E-state index >= 15 is 0 Å². The number of nitro benzene ring substituents is 1. The maximum absolute atomic E-state index is 11.0. The molecule has 1 heterocycles. The molecule has 0 amide bonds. The van der Waals surface area contributed by atoms with Gasteiger partial charge in [0.05, 0.1) is 21.6 Å². The number of nitrogens with zero attached hydrogens (tertiary/aromatic N) is 3. The second kappa shape index (κ2) is 3.63. The zero-order valence-corrected chi connectivity index (χ0v) is 9.20. The predicted molar refractivity (Wildman–Crippen MR) is 68.1 cm³/mol. The lowest BCUT2D eigenvalue weighted by molar-refractivity contribution is -0.383. The second-order valence-corrected chi connectivity index (χ2v) is 3.84. The van der Waals surface area contributed by atoms with E-state index in [1.54, 1.807) is 18.2 Å². The molecule has 0 bridgehead atoms. The minimum absolute atomic E-state index is 0.0857. The van der Waals surface area contributed by atoms with Gasteiger partial charge in [0.1, 0.15) is 5.52 Å². The molecule has 0 atom stereocenters. The van der Waals surface area contributed by atoms with Gasteiger partial charge in [-0.15, -0.1) is 0 Å². The molecule has 2 aromatic carbocycles. The van der Waals surface area contributed by atoms with Gasteiger partial charge in [-0.05, 0) is 18.2 Å². The van der Waals surface area contributed by atoms with Crippen molar-refractivity contribution in [1.29, 1.82) is 0 Å². The third-order valence-corrected chi connectivity index (χ3v) is 2.70. The average molecular weight is 240 g/mol. The van der Waals surface area contributed by atoms with Crippen LogP contribution in [0.15, 0.2) is 36.4 Å². The number of fused-ring (bicyclic) bond motifs is 2. The lowest BCUT2D eigenvalue weighted by Crippen LogP contribution is -1.97. The number of nitrogens with two attached hydrogens (primary N) is 1. The van der Waals surface area contributed by atoms with Crippen molar-refractivity contribution in [3.8, 4) is 0 Å². The lowest BCUT2D eigenvalue weighted by Gasteiger charge is -2.03. The minimum atomic E-state index is -0.481. The highest BCUT2D eigenvalue weighted by molar-refractivity contribution is 5.97. The summed E-state index contributed by atoms with van der Waals surface area (Å²) in [6, 6.07) is 10.0. The average Bonchev–Trinajstić information content (AvgIpc) is 2.37. The third-order valence-electron chi connectivity index (χ3n) is 2.70. The molecule has 2 N–H and O–H groups in total. The highest BCUT2D eigenvalue weighted by Gasteiger charge is 2.16. The molecule has 6 heteroatoms. The smallest absolute Gasteiger partial charge is 0.297 e. The van der Waals surface area contributed by atoms with Crippen molar-refractivity contribution in [3.05, 3.63) is 46.5 Å². The summed E-state index contributed by atoms with van der Waals surface area (Å²) >= 11 is 0. The molecule has 0 spiro atoms. The largest absolute Gasteiger partial charge is 0.397 e. The highest BCUT2D eigenvalue weighted by atomic mass is 16.6. The highest BCUT2D eigenvalue weighted by Crippen LogP contribution is 2.28. The monoisotopic (exact) mass is 240 g/mol. The van der Waals surface area contributed by atoms with Gasteiger partial charge in [0.25, 0.3) is 5.69 Å². The van der Waals surface area contributed by atoms with Gasteiger partial charge in [-0.2, -0.15) is 0 Å². The standard InChI is InChI=1S/C12H8N4O2/c13-7-5-6-10(16(17)18)12-11(7)14-8-3-1-2-4-9(8)15-12/h1-6H,13H2. The van der Waals surface area contributed by atoms with Crippen LogP contribution in [0.1, 0.15) is 0 Å². The molecule has 0 unspecified atom stereocenters. The van der Waals surface area contributed by atoms with Crippen LogP contribution in [0, 0.1) is 10.1 Å². The van der Waals surface area contributed by atoms with E-state index in [0.717, 1.165) is 0 Å². The van der Waals surface area contributed by atoms with Gasteiger partial charge in [-0.1, -0.05) is 12.1 Å². The Morgan fingerprint density at radius 2 is 1.61 bits per heavy atom. The number of anilines is 1. The van der Waals surface area contributed by atoms with Crippen LogP contribution in [0.5, 0.6) is 0 Å². The number of nitrogen functional groups attached to an aromatic ring is 1. The number of rotatable bonds is 1. The first kappa shape index (κ1) is 10.4. The Bertz CT molecular complexity index is 785. The molecule has 88 valence electrons. The van der Waals surface area contributed by atoms with Gasteiger partial charge in [-0.3, -0.25) is 10.1 Å². The Hall–Kier alpha value is -2.76. The van der Waals surface area contributed by atoms with Gasteiger partial charge < -0.3 is 5.73 Å². The number of benzene rings is 2. The van der Waals surface area contributed by atoms with Crippen molar-refractivity contribution < 1.29 is 4.92 Å². The fraction of sp³-hybridized carbons (Fsp3) is 0. The zero-order chi connectivity index (χ0) is 12.7. The SMILES string of the molecule is Nc1ccc([N+](=O)[O-])c2nc3ccccc3nc12. The molecule has 3 aromatic rings. The van der Waals surface area contributed by atoms with E-state index in [4.69, 9.17) is 5.73 Å². The number of hydrogen-bond donors (Lipinski definition) is 1. The lowest BCUT2D eigenvalue weighted by atomic mass is 10.2. The van der Waals surface area contributed by atoms with E-state index in [1.807, 2.05) is 6.07 Å². The third kappa shape index (κ3) is 1.43. The van der Waals surface area contributed by atoms with Crippen LogP contribution in [0.4, 0.5) is 11.4 Å². The minimum Gasteiger partial charge on any atom is -0.397 e. The summed E-state index contributed by atoms with van der Waals surface area (Å²) in [6.07, 6.45) is 0. The van der Waals surface area contributed by atoms with Crippen molar-refractivity contribution in [1.82, 2.24) is 9.97 Å². The van der Waals surface area contributed by atoms with Crippen molar-refractivity contribution >= 4 is 33.4 Å². The molecule has 0 aliphatic rings. The molecule has 0 saturated carbocycles. The first-order valence-electron chi connectivity index (χ1n) is 5.26. The number of non-ortho nitro benzene ring substituents is 1. The summed E-state index contributed by atoms with van der Waals surface area (Å²) in [6.45, 7) is 0. The molecule has 0 fully saturated rings. The quantitative estimate of drug-likeness (QED) is 0.304. The van der Waals surface area contributed by atoms with Gasteiger partial charge in [-0.25, -0.2) is 9.97 Å².